The second-order valence-corrected chi connectivity index (χ2v) is 7.18. The molecule has 7 nitrogen and oxygen atoms in total. The molecule has 0 atom stereocenters. The Morgan fingerprint density at radius 1 is 1.00 bits per heavy atom. The van der Waals surface area contributed by atoms with Crippen molar-refractivity contribution in [3.8, 4) is 0 Å². The van der Waals surface area contributed by atoms with E-state index in [1.165, 1.54) is 11.9 Å². The van der Waals surface area contributed by atoms with Crippen molar-refractivity contribution < 1.29 is 4.79 Å². The van der Waals surface area contributed by atoms with Gasteiger partial charge in [-0.25, -0.2) is 14.8 Å². The quantitative estimate of drug-likeness (QED) is 0.481. The average molecular weight is 386 g/mol. The Morgan fingerprint density at radius 3 is 2.45 bits per heavy atom. The molecule has 0 saturated carbocycles. The van der Waals surface area contributed by atoms with Crippen molar-refractivity contribution in [2.24, 2.45) is 0 Å². The number of carbonyl (C=O) groups excluding carboxylic acids is 1. The molecule has 0 saturated heterocycles. The van der Waals surface area contributed by atoms with Gasteiger partial charge in [-0.15, -0.1) is 0 Å². The normalized spacial score (nSPS) is 10.9. The third kappa shape index (κ3) is 4.08. The Hall–Kier alpha value is -3.74. The van der Waals surface area contributed by atoms with Crippen LogP contribution < -0.4 is 10.6 Å². The van der Waals surface area contributed by atoms with E-state index in [0.717, 1.165) is 44.8 Å². The Morgan fingerprint density at radius 2 is 1.72 bits per heavy atom. The van der Waals surface area contributed by atoms with Gasteiger partial charge in [-0.05, 0) is 49.6 Å². The SMILES string of the molecule is Cc1cc(C)c(NC(=O)Nc2ccc(Cc3ncnc4[nH]ncc34)cc2)c(C)c1. The smallest absolute Gasteiger partial charge is 0.308 e. The first kappa shape index (κ1) is 18.6. The third-order valence-corrected chi connectivity index (χ3v) is 4.83. The van der Waals surface area contributed by atoms with Gasteiger partial charge >= 0.3 is 6.03 Å². The molecule has 3 N–H and O–H groups in total. The summed E-state index contributed by atoms with van der Waals surface area (Å²) < 4.78 is 0. The van der Waals surface area contributed by atoms with Crippen LogP contribution in [0.15, 0.2) is 48.9 Å². The van der Waals surface area contributed by atoms with E-state index in [1.54, 1.807) is 6.20 Å². The zero-order chi connectivity index (χ0) is 20.4. The minimum Gasteiger partial charge on any atom is -0.308 e. The summed E-state index contributed by atoms with van der Waals surface area (Å²) in [6, 6.07) is 11.6. The van der Waals surface area contributed by atoms with Crippen molar-refractivity contribution in [2.45, 2.75) is 27.2 Å². The molecule has 0 unspecified atom stereocenters. The van der Waals surface area contributed by atoms with Crippen molar-refractivity contribution in [1.82, 2.24) is 20.2 Å². The van der Waals surface area contributed by atoms with Crippen molar-refractivity contribution in [2.75, 3.05) is 10.6 Å². The van der Waals surface area contributed by atoms with Crippen LogP contribution in [-0.4, -0.2) is 26.2 Å². The topological polar surface area (TPSA) is 95.6 Å². The van der Waals surface area contributed by atoms with Gasteiger partial charge in [0.2, 0.25) is 0 Å². The van der Waals surface area contributed by atoms with Gasteiger partial charge < -0.3 is 10.6 Å². The molecular weight excluding hydrogens is 364 g/mol. The number of urea groups is 1. The van der Waals surface area contributed by atoms with Gasteiger partial charge in [0.25, 0.3) is 0 Å². The number of carbonyl (C=O) groups is 1. The number of aromatic amines is 1. The fourth-order valence-electron chi connectivity index (χ4n) is 3.51. The summed E-state index contributed by atoms with van der Waals surface area (Å²) in [6.07, 6.45) is 3.93. The molecule has 2 heterocycles. The number of fused-ring (bicyclic) bond motifs is 1. The molecule has 7 heteroatoms. The van der Waals surface area contributed by atoms with E-state index >= 15 is 0 Å². The Labute approximate surface area is 168 Å². The van der Waals surface area contributed by atoms with Gasteiger partial charge in [0.15, 0.2) is 5.65 Å². The number of aryl methyl sites for hydroxylation is 3. The predicted molar refractivity (Wildman–Crippen MR) is 114 cm³/mol. The summed E-state index contributed by atoms with van der Waals surface area (Å²) in [5.74, 6) is 0. The first-order chi connectivity index (χ1) is 14.0. The summed E-state index contributed by atoms with van der Waals surface area (Å²) in [5.41, 5.74) is 7.56. The van der Waals surface area contributed by atoms with Crippen LogP contribution in [0.1, 0.15) is 27.9 Å². The molecule has 2 aromatic carbocycles. The second-order valence-electron chi connectivity index (χ2n) is 7.18. The number of anilines is 2. The van der Waals surface area contributed by atoms with Crippen molar-refractivity contribution in [1.29, 1.82) is 0 Å². The summed E-state index contributed by atoms with van der Waals surface area (Å²) in [6.45, 7) is 6.04. The van der Waals surface area contributed by atoms with Crippen molar-refractivity contribution >= 4 is 28.4 Å². The molecule has 146 valence electrons. The highest BCUT2D eigenvalue weighted by Gasteiger charge is 2.09. The number of rotatable bonds is 4. The highest BCUT2D eigenvalue weighted by atomic mass is 16.2. The fraction of sp³-hybridized carbons (Fsp3) is 0.182. The van der Waals surface area contributed by atoms with E-state index in [4.69, 9.17) is 0 Å². The maximum atomic E-state index is 12.4. The monoisotopic (exact) mass is 386 g/mol. The van der Waals surface area contributed by atoms with E-state index in [0.29, 0.717) is 6.42 Å². The van der Waals surface area contributed by atoms with Crippen LogP contribution in [0.5, 0.6) is 0 Å². The number of nitrogens with zero attached hydrogens (tertiary/aromatic N) is 3. The lowest BCUT2D eigenvalue weighted by Crippen LogP contribution is -2.20. The number of amides is 2. The van der Waals surface area contributed by atoms with Crippen LogP contribution in [0, 0.1) is 20.8 Å². The van der Waals surface area contributed by atoms with Crippen LogP contribution >= 0.6 is 0 Å². The fourth-order valence-corrected chi connectivity index (χ4v) is 3.51. The van der Waals surface area contributed by atoms with Gasteiger partial charge in [0.05, 0.1) is 17.3 Å². The molecule has 4 aromatic rings. The van der Waals surface area contributed by atoms with Gasteiger partial charge in [-0.1, -0.05) is 29.8 Å². The van der Waals surface area contributed by atoms with Gasteiger partial charge in [0, 0.05) is 17.8 Å². The molecule has 0 radical (unpaired) electrons. The number of H-pyrrole nitrogens is 1. The van der Waals surface area contributed by atoms with E-state index in [2.05, 4.69) is 42.9 Å². The zero-order valence-corrected chi connectivity index (χ0v) is 16.6. The summed E-state index contributed by atoms with van der Waals surface area (Å²) in [5, 5.41) is 13.6. The highest BCUT2D eigenvalue weighted by molar-refractivity contribution is 6.00. The molecule has 4 rings (SSSR count). The van der Waals surface area contributed by atoms with Gasteiger partial charge in [-0.3, -0.25) is 5.10 Å². The number of hydrogen-bond donors (Lipinski definition) is 3. The van der Waals surface area contributed by atoms with E-state index in [-0.39, 0.29) is 6.03 Å². The minimum atomic E-state index is -0.260. The Bertz CT molecular complexity index is 1160. The summed E-state index contributed by atoms with van der Waals surface area (Å²) in [4.78, 5) is 20.9. The zero-order valence-electron chi connectivity index (χ0n) is 16.6. The van der Waals surface area contributed by atoms with Crippen LogP contribution in [-0.2, 0) is 6.42 Å². The molecule has 29 heavy (non-hydrogen) atoms. The summed E-state index contributed by atoms with van der Waals surface area (Å²) >= 11 is 0. The summed E-state index contributed by atoms with van der Waals surface area (Å²) in [7, 11) is 0. The maximum Gasteiger partial charge on any atom is 0.323 e. The highest BCUT2D eigenvalue weighted by Crippen LogP contribution is 2.22. The molecule has 0 bridgehead atoms. The molecule has 0 aliphatic heterocycles. The van der Waals surface area contributed by atoms with E-state index in [1.807, 2.05) is 45.0 Å². The largest absolute Gasteiger partial charge is 0.323 e. The average Bonchev–Trinajstić information content (AvgIpc) is 3.16. The molecule has 2 amide bonds. The first-order valence-electron chi connectivity index (χ1n) is 9.37. The molecule has 2 aromatic heterocycles. The lowest BCUT2D eigenvalue weighted by Gasteiger charge is -2.14. The standard InChI is InChI=1S/C22H22N6O/c1-13-8-14(2)20(15(3)9-13)27-22(29)26-17-6-4-16(5-7-17)10-19-18-11-25-28-21(18)24-12-23-19/h4-9,11-12H,10H2,1-3H3,(H2,26,27,29)(H,23,24,25,28). The molecular formula is C22H22N6O. The lowest BCUT2D eigenvalue weighted by atomic mass is 10.1. The van der Waals surface area contributed by atoms with E-state index in [9.17, 15) is 4.79 Å². The van der Waals surface area contributed by atoms with Gasteiger partial charge in [0.1, 0.15) is 6.33 Å². The maximum absolute atomic E-state index is 12.4. The predicted octanol–water partition coefficient (Wildman–Crippen LogP) is 4.51. The van der Waals surface area contributed by atoms with Crippen molar-refractivity contribution in [3.63, 3.8) is 0 Å². The van der Waals surface area contributed by atoms with Crippen LogP contribution in [0.3, 0.4) is 0 Å². The minimum absolute atomic E-state index is 0.260. The van der Waals surface area contributed by atoms with Crippen LogP contribution in [0.4, 0.5) is 16.2 Å². The Kier molecular flexibility index (Phi) is 4.95. The Balaban J connectivity index is 1.43. The molecule has 0 aliphatic rings. The second kappa shape index (κ2) is 7.71. The van der Waals surface area contributed by atoms with Crippen molar-refractivity contribution in [3.05, 3.63) is 76.9 Å². The van der Waals surface area contributed by atoms with Crippen LogP contribution in [0.25, 0.3) is 11.0 Å². The molecule has 0 spiro atoms. The lowest BCUT2D eigenvalue weighted by molar-refractivity contribution is 0.262. The first-order valence-corrected chi connectivity index (χ1v) is 9.37. The third-order valence-electron chi connectivity index (χ3n) is 4.83. The number of aromatic nitrogens is 4. The number of benzene rings is 2. The molecule has 0 aliphatic carbocycles. The number of hydrogen-bond acceptors (Lipinski definition) is 4. The van der Waals surface area contributed by atoms with E-state index < -0.39 is 0 Å². The molecule has 0 fully saturated rings. The van der Waals surface area contributed by atoms with Gasteiger partial charge in [-0.2, -0.15) is 5.10 Å². The van der Waals surface area contributed by atoms with Crippen LogP contribution in [0.2, 0.25) is 0 Å². The number of nitrogens with one attached hydrogen (secondary N) is 3.